The van der Waals surface area contributed by atoms with Gasteiger partial charge in [0.2, 0.25) is 15.9 Å². The summed E-state index contributed by atoms with van der Waals surface area (Å²) in [6.45, 7) is 7.12. The van der Waals surface area contributed by atoms with Crippen LogP contribution < -0.4 is 9.62 Å². The predicted molar refractivity (Wildman–Crippen MR) is 114 cm³/mol. The largest absolute Gasteiger partial charge is 0.324 e. The first-order chi connectivity index (χ1) is 13.5. The number of rotatable bonds is 7. The highest BCUT2D eigenvalue weighted by molar-refractivity contribution is 7.92. The minimum absolute atomic E-state index is 0.115. The molecule has 0 saturated heterocycles. The van der Waals surface area contributed by atoms with E-state index < -0.39 is 26.9 Å². The Bertz CT molecular complexity index is 1050. The van der Waals surface area contributed by atoms with Gasteiger partial charge < -0.3 is 5.32 Å². The van der Waals surface area contributed by atoms with E-state index in [0.29, 0.717) is 11.3 Å². The number of hydrogen-bond donors (Lipinski definition) is 1. The highest BCUT2D eigenvalue weighted by Gasteiger charge is 2.33. The number of nitro groups is 1. The van der Waals surface area contributed by atoms with Crippen molar-refractivity contribution in [1.82, 2.24) is 0 Å². The number of hydrogen-bond acceptors (Lipinski definition) is 5. The third kappa shape index (κ3) is 4.92. The maximum atomic E-state index is 13.0. The summed E-state index contributed by atoms with van der Waals surface area (Å²) >= 11 is 0. The van der Waals surface area contributed by atoms with Crippen LogP contribution in [0.25, 0.3) is 0 Å². The zero-order valence-electron chi connectivity index (χ0n) is 17.1. The van der Waals surface area contributed by atoms with E-state index in [1.165, 1.54) is 18.2 Å². The maximum absolute atomic E-state index is 13.0. The SMILES string of the molecule is CC[C@@H](C(=O)Nc1cccc(C)c1C)N(c1cc([N+](=O)[O-])ccc1C)S(C)(=O)=O. The second-order valence-electron chi connectivity index (χ2n) is 6.95. The predicted octanol–water partition coefficient (Wildman–Crippen LogP) is 3.70. The molecule has 29 heavy (non-hydrogen) atoms. The summed E-state index contributed by atoms with van der Waals surface area (Å²) in [5.74, 6) is -0.502. The van der Waals surface area contributed by atoms with Crippen LogP contribution in [0, 0.1) is 30.9 Å². The molecule has 0 spiro atoms. The molecule has 0 aliphatic carbocycles. The van der Waals surface area contributed by atoms with Gasteiger partial charge in [0.05, 0.1) is 16.9 Å². The molecule has 0 unspecified atom stereocenters. The fourth-order valence-electron chi connectivity index (χ4n) is 3.09. The van der Waals surface area contributed by atoms with E-state index in [0.717, 1.165) is 21.7 Å². The van der Waals surface area contributed by atoms with Gasteiger partial charge in [-0.25, -0.2) is 8.42 Å². The molecule has 0 radical (unpaired) electrons. The van der Waals surface area contributed by atoms with Crippen molar-refractivity contribution in [2.24, 2.45) is 0 Å². The average Bonchev–Trinajstić information content (AvgIpc) is 2.63. The van der Waals surface area contributed by atoms with Crippen LogP contribution in [0.1, 0.15) is 30.0 Å². The van der Waals surface area contributed by atoms with Crippen molar-refractivity contribution in [3.63, 3.8) is 0 Å². The highest BCUT2D eigenvalue weighted by atomic mass is 32.2. The lowest BCUT2D eigenvalue weighted by Gasteiger charge is -2.31. The number of non-ortho nitro benzene ring substituents is 1. The Labute approximate surface area is 170 Å². The van der Waals surface area contributed by atoms with Crippen LogP contribution in [0.4, 0.5) is 17.1 Å². The zero-order valence-corrected chi connectivity index (χ0v) is 17.9. The molecule has 1 N–H and O–H groups in total. The van der Waals surface area contributed by atoms with Crippen molar-refractivity contribution >= 4 is 33.0 Å². The monoisotopic (exact) mass is 419 g/mol. The number of nitrogens with zero attached hydrogens (tertiary/aromatic N) is 2. The second-order valence-corrected chi connectivity index (χ2v) is 8.81. The van der Waals surface area contributed by atoms with Crippen LogP contribution >= 0.6 is 0 Å². The molecule has 8 nitrogen and oxygen atoms in total. The number of carbonyl (C=O) groups is 1. The lowest BCUT2D eigenvalue weighted by atomic mass is 10.1. The molecule has 1 amide bonds. The lowest BCUT2D eigenvalue weighted by molar-refractivity contribution is -0.384. The Morgan fingerprint density at radius 1 is 1.17 bits per heavy atom. The third-order valence-electron chi connectivity index (χ3n) is 4.83. The molecule has 2 aromatic carbocycles. The van der Waals surface area contributed by atoms with Gasteiger partial charge >= 0.3 is 0 Å². The van der Waals surface area contributed by atoms with E-state index in [1.54, 1.807) is 26.0 Å². The van der Waals surface area contributed by atoms with Gasteiger partial charge in [0.15, 0.2) is 0 Å². The smallest absolute Gasteiger partial charge is 0.271 e. The molecule has 0 fully saturated rings. The van der Waals surface area contributed by atoms with Crippen molar-refractivity contribution in [3.05, 3.63) is 63.2 Å². The van der Waals surface area contributed by atoms with E-state index in [4.69, 9.17) is 0 Å². The molecule has 156 valence electrons. The zero-order chi connectivity index (χ0) is 21.9. The molecule has 9 heteroatoms. The van der Waals surface area contributed by atoms with Crippen LogP contribution in [0.2, 0.25) is 0 Å². The average molecular weight is 420 g/mol. The molecule has 0 aliphatic heterocycles. The number of anilines is 2. The molecule has 2 rings (SSSR count). The first-order valence-corrected chi connectivity index (χ1v) is 10.9. The van der Waals surface area contributed by atoms with Crippen LogP contribution in [0.3, 0.4) is 0 Å². The Kier molecular flexibility index (Phi) is 6.63. The number of nitro benzene ring substituents is 1. The van der Waals surface area contributed by atoms with Gasteiger partial charge in [0.25, 0.3) is 5.69 Å². The van der Waals surface area contributed by atoms with Gasteiger partial charge in [0.1, 0.15) is 6.04 Å². The second kappa shape index (κ2) is 8.60. The number of amides is 1. The molecule has 0 saturated carbocycles. The molecule has 0 heterocycles. The van der Waals surface area contributed by atoms with Gasteiger partial charge in [0, 0.05) is 17.8 Å². The summed E-state index contributed by atoms with van der Waals surface area (Å²) < 4.78 is 26.2. The minimum Gasteiger partial charge on any atom is -0.324 e. The van der Waals surface area contributed by atoms with Gasteiger partial charge in [-0.15, -0.1) is 0 Å². The molecule has 2 aromatic rings. The number of aryl methyl sites for hydroxylation is 2. The molecular formula is C20H25N3O5S. The number of benzene rings is 2. The quantitative estimate of drug-likeness (QED) is 0.543. The van der Waals surface area contributed by atoms with Crippen LogP contribution in [-0.4, -0.2) is 31.5 Å². The summed E-state index contributed by atoms with van der Waals surface area (Å²) in [5.41, 5.74) is 2.85. The normalized spacial score (nSPS) is 12.3. The van der Waals surface area contributed by atoms with Crippen LogP contribution in [0.15, 0.2) is 36.4 Å². The summed E-state index contributed by atoms with van der Waals surface area (Å²) in [6, 6.07) is 8.36. The molecule has 1 atom stereocenters. The van der Waals surface area contributed by atoms with Gasteiger partial charge in [-0.05, 0) is 49.9 Å². The fourth-order valence-corrected chi connectivity index (χ4v) is 4.35. The Morgan fingerprint density at radius 2 is 1.83 bits per heavy atom. The van der Waals surface area contributed by atoms with Crippen molar-refractivity contribution in [3.8, 4) is 0 Å². The van der Waals surface area contributed by atoms with Crippen molar-refractivity contribution in [2.45, 2.75) is 40.2 Å². The van der Waals surface area contributed by atoms with E-state index in [9.17, 15) is 23.3 Å². The molecule has 0 aliphatic rings. The summed E-state index contributed by atoms with van der Waals surface area (Å²) in [6.07, 6.45) is 1.17. The summed E-state index contributed by atoms with van der Waals surface area (Å²) in [5, 5.41) is 14.0. The Balaban J connectivity index is 2.53. The van der Waals surface area contributed by atoms with Crippen molar-refractivity contribution in [1.29, 1.82) is 0 Å². The van der Waals surface area contributed by atoms with E-state index in [2.05, 4.69) is 5.32 Å². The Hall–Kier alpha value is -2.94. The van der Waals surface area contributed by atoms with E-state index in [1.807, 2.05) is 19.9 Å². The van der Waals surface area contributed by atoms with E-state index in [-0.39, 0.29) is 17.8 Å². The number of nitrogens with one attached hydrogen (secondary N) is 1. The van der Waals surface area contributed by atoms with Crippen LogP contribution in [-0.2, 0) is 14.8 Å². The number of carbonyl (C=O) groups excluding carboxylic acids is 1. The molecule has 0 bridgehead atoms. The Morgan fingerprint density at radius 3 is 2.38 bits per heavy atom. The van der Waals surface area contributed by atoms with Crippen molar-refractivity contribution < 1.29 is 18.1 Å². The highest BCUT2D eigenvalue weighted by Crippen LogP contribution is 2.30. The van der Waals surface area contributed by atoms with Crippen molar-refractivity contribution in [2.75, 3.05) is 15.9 Å². The lowest BCUT2D eigenvalue weighted by Crippen LogP contribution is -2.47. The maximum Gasteiger partial charge on any atom is 0.271 e. The third-order valence-corrected chi connectivity index (χ3v) is 6.00. The standard InChI is InChI=1S/C20H25N3O5S/c1-6-18(20(24)21-17-9-7-8-13(2)15(17)4)22(29(5,27)28)19-12-16(23(25)26)11-10-14(19)3/h7-12,18H,6H2,1-5H3,(H,21,24)/t18-/m0/s1. The molecular weight excluding hydrogens is 394 g/mol. The summed E-state index contributed by atoms with van der Waals surface area (Å²) in [4.78, 5) is 23.6. The van der Waals surface area contributed by atoms with Crippen LogP contribution in [0.5, 0.6) is 0 Å². The summed E-state index contributed by atoms with van der Waals surface area (Å²) in [7, 11) is -3.90. The topological polar surface area (TPSA) is 110 Å². The number of sulfonamides is 1. The first-order valence-electron chi connectivity index (χ1n) is 9.08. The van der Waals surface area contributed by atoms with Gasteiger partial charge in [-0.2, -0.15) is 0 Å². The molecule has 0 aromatic heterocycles. The van der Waals surface area contributed by atoms with E-state index >= 15 is 0 Å². The fraction of sp³-hybridized carbons (Fsp3) is 0.350. The minimum atomic E-state index is -3.90. The van der Waals surface area contributed by atoms with Gasteiger partial charge in [-0.3, -0.25) is 19.2 Å². The van der Waals surface area contributed by atoms with Gasteiger partial charge in [-0.1, -0.05) is 25.1 Å². The first kappa shape index (κ1) is 22.4.